The molecule has 4 atom stereocenters. The van der Waals surface area contributed by atoms with Crippen molar-refractivity contribution in [3.05, 3.63) is 108 Å². The summed E-state index contributed by atoms with van der Waals surface area (Å²) in [6, 6.07) is 28.7. The lowest BCUT2D eigenvalue weighted by atomic mass is 9.80. The van der Waals surface area contributed by atoms with Crippen molar-refractivity contribution in [3.8, 4) is 12.3 Å². The largest absolute Gasteiger partial charge is 0.388 e. The quantitative estimate of drug-likeness (QED) is 0.316. The fraction of sp³-hybridized carbons (Fsp3) is 0.231. The second-order valence-electron chi connectivity index (χ2n) is 7.25. The molecule has 0 bridgehead atoms. The molecule has 0 radical (unpaired) electrons. The maximum absolute atomic E-state index is 10.5. The third kappa shape index (κ3) is 4.86. The number of hydrogen-bond donors (Lipinski definition) is 4. The molecule has 160 valence electrons. The maximum Gasteiger partial charge on any atom is 0.143 e. The van der Waals surface area contributed by atoms with E-state index in [0.717, 1.165) is 16.7 Å². The van der Waals surface area contributed by atoms with Crippen LogP contribution in [0, 0.1) is 12.3 Å². The summed E-state index contributed by atoms with van der Waals surface area (Å²) < 4.78 is 6.38. The van der Waals surface area contributed by atoms with Crippen LogP contribution in [-0.2, 0) is 10.3 Å². The molecule has 0 aromatic heterocycles. The van der Waals surface area contributed by atoms with Gasteiger partial charge in [-0.15, -0.1) is 6.42 Å². The van der Waals surface area contributed by atoms with E-state index < -0.39 is 30.0 Å². The van der Waals surface area contributed by atoms with Crippen LogP contribution in [-0.4, -0.2) is 51.4 Å². The number of hydrogen-bond acceptors (Lipinski definition) is 5. The standard InChI is InChI=1S/C26H26O5/c1-2-22(27)24(29)25(30)23(28)18-31-26(19-12-6-3-7-13-19,20-14-8-4-9-15-20)21-16-10-5-11-17-21/h1,3-17,22-25,27-30H,18H2/t22-,23+,24+,25+/m0/s1. The number of benzene rings is 3. The van der Waals surface area contributed by atoms with E-state index >= 15 is 0 Å². The first-order chi connectivity index (χ1) is 15.0. The Morgan fingerprint density at radius 1 is 0.677 bits per heavy atom. The topological polar surface area (TPSA) is 90.2 Å². The van der Waals surface area contributed by atoms with Gasteiger partial charge in [0.15, 0.2) is 0 Å². The zero-order chi connectivity index (χ0) is 22.3. The predicted molar refractivity (Wildman–Crippen MR) is 118 cm³/mol. The van der Waals surface area contributed by atoms with Crippen LogP contribution in [0.1, 0.15) is 16.7 Å². The Labute approximate surface area is 182 Å². The molecule has 3 aromatic carbocycles. The van der Waals surface area contributed by atoms with Gasteiger partial charge in [0.2, 0.25) is 0 Å². The number of aliphatic hydroxyl groups is 4. The lowest BCUT2D eigenvalue weighted by molar-refractivity contribution is -0.126. The Morgan fingerprint density at radius 2 is 1.06 bits per heavy atom. The average molecular weight is 418 g/mol. The van der Waals surface area contributed by atoms with Crippen LogP contribution < -0.4 is 0 Å². The highest BCUT2D eigenvalue weighted by atomic mass is 16.5. The van der Waals surface area contributed by atoms with Gasteiger partial charge in [-0.05, 0) is 16.7 Å². The minimum atomic E-state index is -1.71. The molecule has 4 N–H and O–H groups in total. The monoisotopic (exact) mass is 418 g/mol. The van der Waals surface area contributed by atoms with Crippen LogP contribution in [0.3, 0.4) is 0 Å². The molecule has 31 heavy (non-hydrogen) atoms. The second kappa shape index (κ2) is 10.4. The summed E-state index contributed by atoms with van der Waals surface area (Å²) in [7, 11) is 0. The van der Waals surface area contributed by atoms with Gasteiger partial charge in [-0.1, -0.05) is 96.9 Å². The van der Waals surface area contributed by atoms with Crippen LogP contribution in [0.4, 0.5) is 0 Å². The van der Waals surface area contributed by atoms with Gasteiger partial charge >= 0.3 is 0 Å². The van der Waals surface area contributed by atoms with E-state index in [2.05, 4.69) is 0 Å². The number of rotatable bonds is 9. The Morgan fingerprint density at radius 3 is 1.42 bits per heavy atom. The van der Waals surface area contributed by atoms with Crippen molar-refractivity contribution in [2.24, 2.45) is 0 Å². The number of terminal acetylenes is 1. The predicted octanol–water partition coefficient (Wildman–Crippen LogP) is 2.07. The summed E-state index contributed by atoms with van der Waals surface area (Å²) in [6.07, 6.45) is -1.39. The van der Waals surface area contributed by atoms with Crippen molar-refractivity contribution in [2.45, 2.75) is 30.0 Å². The lowest BCUT2D eigenvalue weighted by Crippen LogP contribution is -2.47. The summed E-state index contributed by atoms with van der Waals surface area (Å²) in [5.74, 6) is 1.94. The van der Waals surface area contributed by atoms with Crippen molar-refractivity contribution < 1.29 is 25.2 Å². The zero-order valence-corrected chi connectivity index (χ0v) is 17.0. The number of ether oxygens (including phenoxy) is 1. The molecular weight excluding hydrogens is 392 g/mol. The molecule has 5 heteroatoms. The third-order valence-corrected chi connectivity index (χ3v) is 5.25. The normalized spacial score (nSPS) is 15.5. The molecular formula is C26H26O5. The van der Waals surface area contributed by atoms with Gasteiger partial charge in [0.05, 0.1) is 6.61 Å². The Kier molecular flexibility index (Phi) is 7.59. The van der Waals surface area contributed by atoms with E-state index in [1.54, 1.807) is 0 Å². The molecule has 0 spiro atoms. The van der Waals surface area contributed by atoms with Gasteiger partial charge in [0.25, 0.3) is 0 Å². The van der Waals surface area contributed by atoms with E-state index in [0.29, 0.717) is 0 Å². The minimum Gasteiger partial charge on any atom is -0.388 e. The summed E-state index contributed by atoms with van der Waals surface area (Å²) >= 11 is 0. The maximum atomic E-state index is 10.5. The second-order valence-corrected chi connectivity index (χ2v) is 7.25. The van der Waals surface area contributed by atoms with Crippen molar-refractivity contribution in [1.29, 1.82) is 0 Å². The molecule has 0 aliphatic rings. The lowest BCUT2D eigenvalue weighted by Gasteiger charge is -2.37. The van der Waals surface area contributed by atoms with Crippen molar-refractivity contribution >= 4 is 0 Å². The Bertz CT molecular complexity index is 872. The molecule has 0 heterocycles. The fourth-order valence-electron chi connectivity index (χ4n) is 3.59. The molecule has 0 saturated heterocycles. The molecule has 0 aliphatic carbocycles. The first-order valence-corrected chi connectivity index (χ1v) is 9.99. The first-order valence-electron chi connectivity index (χ1n) is 9.99. The van der Waals surface area contributed by atoms with Crippen molar-refractivity contribution in [3.63, 3.8) is 0 Å². The molecule has 3 aromatic rings. The highest BCUT2D eigenvalue weighted by Crippen LogP contribution is 2.40. The van der Waals surface area contributed by atoms with Crippen molar-refractivity contribution in [1.82, 2.24) is 0 Å². The van der Waals surface area contributed by atoms with Gasteiger partial charge in [0.1, 0.15) is 30.0 Å². The fourth-order valence-corrected chi connectivity index (χ4v) is 3.59. The van der Waals surface area contributed by atoms with E-state index in [1.807, 2.05) is 96.9 Å². The van der Waals surface area contributed by atoms with Gasteiger partial charge in [-0.25, -0.2) is 0 Å². The average Bonchev–Trinajstić information content (AvgIpc) is 2.84. The molecule has 0 saturated carbocycles. The van der Waals surface area contributed by atoms with Crippen LogP contribution in [0.5, 0.6) is 0 Å². The molecule has 3 rings (SSSR count). The van der Waals surface area contributed by atoms with Crippen LogP contribution in [0.15, 0.2) is 91.0 Å². The molecule has 5 nitrogen and oxygen atoms in total. The van der Waals surface area contributed by atoms with E-state index in [4.69, 9.17) is 11.2 Å². The van der Waals surface area contributed by atoms with Crippen molar-refractivity contribution in [2.75, 3.05) is 6.61 Å². The molecule has 0 fully saturated rings. The summed E-state index contributed by atoms with van der Waals surface area (Å²) in [5, 5.41) is 40.4. The first kappa shape index (κ1) is 22.7. The molecule has 0 aliphatic heterocycles. The highest BCUT2D eigenvalue weighted by Gasteiger charge is 2.39. The number of aliphatic hydroxyl groups excluding tert-OH is 4. The third-order valence-electron chi connectivity index (χ3n) is 5.25. The van der Waals surface area contributed by atoms with Gasteiger partial charge in [0, 0.05) is 0 Å². The summed E-state index contributed by atoms with van der Waals surface area (Å²) in [4.78, 5) is 0. The summed E-state index contributed by atoms with van der Waals surface area (Å²) in [6.45, 7) is -0.325. The molecule has 0 amide bonds. The SMILES string of the molecule is C#C[C@H](O)[C@@H](O)[C@H](O)[C@H](O)COC(c1ccccc1)(c1ccccc1)c1ccccc1. The van der Waals surface area contributed by atoms with E-state index in [-0.39, 0.29) is 6.61 Å². The van der Waals surface area contributed by atoms with Gasteiger partial charge < -0.3 is 25.2 Å². The van der Waals surface area contributed by atoms with Gasteiger partial charge in [-0.3, -0.25) is 0 Å². The van der Waals surface area contributed by atoms with Gasteiger partial charge in [-0.2, -0.15) is 0 Å². The zero-order valence-electron chi connectivity index (χ0n) is 17.0. The van der Waals surface area contributed by atoms with E-state index in [1.165, 1.54) is 0 Å². The molecule has 0 unspecified atom stereocenters. The van der Waals surface area contributed by atoms with Crippen LogP contribution >= 0.6 is 0 Å². The minimum absolute atomic E-state index is 0.325. The summed E-state index contributed by atoms with van der Waals surface area (Å²) in [5.41, 5.74) is 1.41. The van der Waals surface area contributed by atoms with Crippen LogP contribution in [0.25, 0.3) is 0 Å². The smallest absolute Gasteiger partial charge is 0.143 e. The Balaban J connectivity index is 2.04. The highest BCUT2D eigenvalue weighted by molar-refractivity contribution is 5.47. The van der Waals surface area contributed by atoms with E-state index in [9.17, 15) is 20.4 Å². The van der Waals surface area contributed by atoms with Crippen LogP contribution in [0.2, 0.25) is 0 Å². The Hall–Kier alpha value is -2.98.